The van der Waals surface area contributed by atoms with Crippen LogP contribution in [0.3, 0.4) is 0 Å². The topological polar surface area (TPSA) is 42.6 Å². The van der Waals surface area contributed by atoms with Gasteiger partial charge in [-0.1, -0.05) is 32.8 Å². The molecule has 0 aliphatic rings. The highest BCUT2D eigenvalue weighted by molar-refractivity contribution is 6.05. The van der Waals surface area contributed by atoms with Gasteiger partial charge in [0, 0.05) is 16.3 Å². The Morgan fingerprint density at radius 1 is 1.00 bits per heavy atom. The molecule has 3 nitrogen and oxygen atoms in total. The number of halogens is 2. The van der Waals surface area contributed by atoms with Crippen LogP contribution in [0.1, 0.15) is 51.2 Å². The van der Waals surface area contributed by atoms with Crippen LogP contribution in [-0.2, 0) is 0 Å². The van der Waals surface area contributed by atoms with E-state index in [0.717, 1.165) is 19.3 Å². The number of hydrogen-bond donors (Lipinski definition) is 1. The number of ether oxygens (including phenoxy) is 1. The average Bonchev–Trinajstić information content (AvgIpc) is 2.98. The number of aliphatic hydroxyl groups excluding tert-OH is 1. The highest BCUT2D eigenvalue weighted by atomic mass is 19.1. The molecular formula is C20H22F2O3. The summed E-state index contributed by atoms with van der Waals surface area (Å²) in [5.74, 6) is -1.16. The Labute approximate surface area is 145 Å². The third-order valence-corrected chi connectivity index (χ3v) is 4.36. The molecule has 0 spiro atoms. The van der Waals surface area contributed by atoms with Crippen LogP contribution < -0.4 is 4.74 Å². The van der Waals surface area contributed by atoms with E-state index < -0.39 is 17.7 Å². The molecule has 1 N–H and O–H groups in total. The van der Waals surface area contributed by atoms with E-state index in [1.165, 1.54) is 6.07 Å². The molecule has 5 heteroatoms. The lowest BCUT2D eigenvalue weighted by Gasteiger charge is -2.10. The summed E-state index contributed by atoms with van der Waals surface area (Å²) in [7, 11) is 0. The Morgan fingerprint density at radius 2 is 1.68 bits per heavy atom. The Morgan fingerprint density at radius 3 is 2.36 bits per heavy atom. The van der Waals surface area contributed by atoms with Gasteiger partial charge in [-0.2, -0.15) is 4.39 Å². The minimum absolute atomic E-state index is 0.0231. The minimum atomic E-state index is -0.902. The zero-order valence-corrected chi connectivity index (χ0v) is 14.4. The summed E-state index contributed by atoms with van der Waals surface area (Å²) < 4.78 is 40.3. The van der Waals surface area contributed by atoms with E-state index in [1.54, 1.807) is 18.2 Å². The van der Waals surface area contributed by atoms with Crippen molar-refractivity contribution in [1.82, 2.24) is 0 Å². The predicted octanol–water partition coefficient (Wildman–Crippen LogP) is 5.88. The first-order valence-corrected chi connectivity index (χ1v) is 8.72. The first kappa shape index (κ1) is 17.7. The van der Waals surface area contributed by atoms with Crippen LogP contribution in [0.2, 0.25) is 0 Å². The highest BCUT2D eigenvalue weighted by Gasteiger charge is 2.21. The quantitative estimate of drug-likeness (QED) is 0.542. The second kappa shape index (κ2) is 7.40. The molecular weight excluding hydrogens is 326 g/mol. The molecule has 2 aromatic carbocycles. The van der Waals surface area contributed by atoms with E-state index >= 15 is 0 Å². The maximum Gasteiger partial charge on any atom is 0.208 e. The molecule has 1 atom stereocenters. The third-order valence-electron chi connectivity index (χ3n) is 4.36. The monoisotopic (exact) mass is 348 g/mol. The van der Waals surface area contributed by atoms with Crippen molar-refractivity contribution in [3.8, 4) is 5.75 Å². The average molecular weight is 348 g/mol. The lowest BCUT2D eigenvalue weighted by atomic mass is 10.0. The van der Waals surface area contributed by atoms with Crippen molar-refractivity contribution in [3.05, 3.63) is 41.5 Å². The largest absolute Gasteiger partial charge is 0.490 e. The van der Waals surface area contributed by atoms with Gasteiger partial charge in [0.1, 0.15) is 0 Å². The van der Waals surface area contributed by atoms with Gasteiger partial charge in [-0.3, -0.25) is 0 Å². The van der Waals surface area contributed by atoms with Gasteiger partial charge >= 0.3 is 0 Å². The Hall–Kier alpha value is -2.14. The van der Waals surface area contributed by atoms with E-state index in [4.69, 9.17) is 9.15 Å². The van der Waals surface area contributed by atoms with Gasteiger partial charge in [-0.05, 0) is 31.0 Å². The van der Waals surface area contributed by atoms with E-state index in [-0.39, 0.29) is 22.5 Å². The minimum Gasteiger partial charge on any atom is -0.490 e. The first-order valence-electron chi connectivity index (χ1n) is 8.72. The van der Waals surface area contributed by atoms with Crippen LogP contribution in [0.15, 0.2) is 28.7 Å². The van der Waals surface area contributed by atoms with Gasteiger partial charge in [0.15, 0.2) is 22.7 Å². The number of fused-ring (bicyclic) bond motifs is 3. The van der Waals surface area contributed by atoms with Crippen molar-refractivity contribution in [1.29, 1.82) is 0 Å². The molecule has 0 bridgehead atoms. The molecule has 0 amide bonds. The van der Waals surface area contributed by atoms with E-state index in [2.05, 4.69) is 0 Å². The van der Waals surface area contributed by atoms with Crippen LogP contribution in [-0.4, -0.2) is 11.7 Å². The first-order chi connectivity index (χ1) is 12.1. The van der Waals surface area contributed by atoms with Gasteiger partial charge in [0.05, 0.1) is 12.7 Å². The number of aliphatic hydroxyl groups is 1. The number of benzene rings is 2. The van der Waals surface area contributed by atoms with E-state index in [0.29, 0.717) is 23.8 Å². The molecule has 1 aromatic heterocycles. The summed E-state index contributed by atoms with van der Waals surface area (Å²) in [5, 5.41) is 11.1. The molecule has 25 heavy (non-hydrogen) atoms. The van der Waals surface area contributed by atoms with Crippen molar-refractivity contribution < 1.29 is 23.0 Å². The third kappa shape index (κ3) is 3.21. The Kier molecular flexibility index (Phi) is 5.23. The second-order valence-electron chi connectivity index (χ2n) is 6.21. The molecule has 0 saturated heterocycles. The lowest BCUT2D eigenvalue weighted by molar-refractivity contribution is 0.162. The number of hydrogen-bond acceptors (Lipinski definition) is 3. The highest BCUT2D eigenvalue weighted by Crippen LogP contribution is 2.37. The number of furan rings is 1. The Balaban J connectivity index is 2.08. The SMILES string of the molecule is CCCCOc1ccc2c(oc3c(F)c([C@H](O)CCC)ccc32)c1F. The summed E-state index contributed by atoms with van der Waals surface area (Å²) in [4.78, 5) is 0. The zero-order chi connectivity index (χ0) is 18.0. The van der Waals surface area contributed by atoms with Gasteiger partial charge in [-0.25, -0.2) is 4.39 Å². The van der Waals surface area contributed by atoms with Crippen molar-refractivity contribution in [2.24, 2.45) is 0 Å². The molecule has 1 heterocycles. The molecule has 0 fully saturated rings. The number of rotatable bonds is 7. The molecule has 0 aliphatic heterocycles. The fourth-order valence-corrected chi connectivity index (χ4v) is 2.96. The summed E-state index contributed by atoms with van der Waals surface area (Å²) >= 11 is 0. The molecule has 0 saturated carbocycles. The van der Waals surface area contributed by atoms with Crippen molar-refractivity contribution in [2.45, 2.75) is 45.6 Å². The van der Waals surface area contributed by atoms with Gasteiger partial charge in [0.25, 0.3) is 0 Å². The van der Waals surface area contributed by atoms with Crippen LogP contribution in [0.5, 0.6) is 5.75 Å². The standard InChI is InChI=1S/C20H22F2O3/c1-3-5-11-24-16-10-9-13-12-7-8-14(15(23)6-4-2)17(21)19(12)25-20(13)18(16)22/h7-10,15,23H,3-6,11H2,1-2H3/t15-/m1/s1. The summed E-state index contributed by atoms with van der Waals surface area (Å²) in [6.45, 7) is 4.35. The molecule has 3 rings (SSSR count). The van der Waals surface area contributed by atoms with Crippen LogP contribution >= 0.6 is 0 Å². The van der Waals surface area contributed by atoms with Crippen LogP contribution in [0, 0.1) is 11.6 Å². The summed E-state index contributed by atoms with van der Waals surface area (Å²) in [6.07, 6.45) is 2.05. The van der Waals surface area contributed by atoms with Gasteiger partial charge in [0.2, 0.25) is 5.82 Å². The Bertz CT molecular complexity index is 886. The molecule has 3 aromatic rings. The lowest BCUT2D eigenvalue weighted by Crippen LogP contribution is -2.00. The predicted molar refractivity (Wildman–Crippen MR) is 93.9 cm³/mol. The van der Waals surface area contributed by atoms with Crippen molar-refractivity contribution >= 4 is 21.9 Å². The molecule has 0 radical (unpaired) electrons. The maximum absolute atomic E-state index is 14.8. The van der Waals surface area contributed by atoms with Crippen molar-refractivity contribution in [2.75, 3.05) is 6.61 Å². The number of unbranched alkanes of at least 4 members (excludes halogenated alkanes) is 1. The van der Waals surface area contributed by atoms with E-state index in [1.807, 2.05) is 13.8 Å². The maximum atomic E-state index is 14.8. The normalized spacial score (nSPS) is 12.8. The van der Waals surface area contributed by atoms with Crippen LogP contribution in [0.25, 0.3) is 21.9 Å². The molecule has 134 valence electrons. The zero-order valence-electron chi connectivity index (χ0n) is 14.4. The summed E-state index contributed by atoms with van der Waals surface area (Å²) in [6, 6.07) is 6.42. The van der Waals surface area contributed by atoms with Crippen molar-refractivity contribution in [3.63, 3.8) is 0 Å². The van der Waals surface area contributed by atoms with Gasteiger partial charge < -0.3 is 14.3 Å². The fraction of sp³-hybridized carbons (Fsp3) is 0.400. The summed E-state index contributed by atoms with van der Waals surface area (Å²) in [5.41, 5.74) is 0.116. The fourth-order valence-electron chi connectivity index (χ4n) is 2.96. The molecule has 0 aliphatic carbocycles. The smallest absolute Gasteiger partial charge is 0.208 e. The van der Waals surface area contributed by atoms with Crippen LogP contribution in [0.4, 0.5) is 8.78 Å². The second-order valence-corrected chi connectivity index (χ2v) is 6.21. The van der Waals surface area contributed by atoms with E-state index in [9.17, 15) is 13.9 Å². The van der Waals surface area contributed by atoms with Gasteiger partial charge in [-0.15, -0.1) is 0 Å². The molecule has 0 unspecified atom stereocenters.